The van der Waals surface area contributed by atoms with E-state index in [0.717, 1.165) is 36.7 Å². The molecule has 1 aliphatic rings. The molecule has 0 unspecified atom stereocenters. The van der Waals surface area contributed by atoms with E-state index in [0.29, 0.717) is 31.6 Å². The molecule has 30 heavy (non-hydrogen) atoms. The van der Waals surface area contributed by atoms with Crippen molar-refractivity contribution in [3.05, 3.63) is 59.9 Å². The maximum Gasteiger partial charge on any atom is 0.255 e. The minimum Gasteiger partial charge on any atom is -0.368 e. The van der Waals surface area contributed by atoms with Gasteiger partial charge >= 0.3 is 0 Å². The average Bonchev–Trinajstić information content (AvgIpc) is 3.18. The number of nitrogens with zero attached hydrogens (tertiary/aromatic N) is 5. The first-order valence-electron chi connectivity index (χ1n) is 10.5. The van der Waals surface area contributed by atoms with Crippen molar-refractivity contribution in [1.82, 2.24) is 14.3 Å². The number of piperazine rings is 1. The van der Waals surface area contributed by atoms with Gasteiger partial charge in [-0.1, -0.05) is 25.1 Å². The van der Waals surface area contributed by atoms with Crippen molar-refractivity contribution in [1.29, 1.82) is 0 Å². The average molecular weight is 406 g/mol. The third-order valence-electron chi connectivity index (χ3n) is 5.67. The number of carbonyl (C=O) groups is 2. The molecule has 0 saturated carbocycles. The fraction of sp³-hybridized carbons (Fsp3) is 0.348. The van der Waals surface area contributed by atoms with Gasteiger partial charge < -0.3 is 9.80 Å². The summed E-state index contributed by atoms with van der Waals surface area (Å²) in [4.78, 5) is 35.2. The van der Waals surface area contributed by atoms with Crippen LogP contribution in [-0.2, 0) is 11.2 Å². The zero-order valence-corrected chi connectivity index (χ0v) is 17.5. The van der Waals surface area contributed by atoms with Crippen molar-refractivity contribution in [3.8, 4) is 0 Å². The molecular weight excluding hydrogens is 378 g/mol. The molecule has 7 nitrogen and oxygen atoms in total. The zero-order valence-electron chi connectivity index (χ0n) is 17.5. The summed E-state index contributed by atoms with van der Waals surface area (Å²) in [6.45, 7) is 7.46. The Morgan fingerprint density at radius 3 is 2.43 bits per heavy atom. The molecule has 0 bridgehead atoms. The Bertz CT molecular complexity index is 1040. The molecule has 2 amide bonds. The zero-order chi connectivity index (χ0) is 21.1. The number of rotatable bonds is 6. The SMILES string of the molecule is CCc1nc2ccc(C(=O)N3CCN(c4ccccc4)CC3)cn2c1N(C=O)CC. The molecule has 0 spiro atoms. The number of benzene rings is 1. The van der Waals surface area contributed by atoms with E-state index >= 15 is 0 Å². The first kappa shape index (κ1) is 19.9. The van der Waals surface area contributed by atoms with Crippen LogP contribution in [0, 0.1) is 0 Å². The Balaban J connectivity index is 1.57. The number of aryl methyl sites for hydroxylation is 1. The number of hydrogen-bond donors (Lipinski definition) is 0. The van der Waals surface area contributed by atoms with Crippen molar-refractivity contribution in [2.45, 2.75) is 20.3 Å². The lowest BCUT2D eigenvalue weighted by Gasteiger charge is -2.36. The molecule has 1 aromatic carbocycles. The van der Waals surface area contributed by atoms with Gasteiger partial charge in [0.15, 0.2) is 0 Å². The molecule has 3 heterocycles. The summed E-state index contributed by atoms with van der Waals surface area (Å²) in [7, 11) is 0. The van der Waals surface area contributed by atoms with Crippen LogP contribution in [0.15, 0.2) is 48.7 Å². The molecule has 1 saturated heterocycles. The van der Waals surface area contributed by atoms with Crippen molar-refractivity contribution in [2.75, 3.05) is 42.5 Å². The maximum atomic E-state index is 13.2. The van der Waals surface area contributed by atoms with Crippen LogP contribution >= 0.6 is 0 Å². The molecule has 1 aliphatic heterocycles. The molecule has 1 fully saturated rings. The summed E-state index contributed by atoms with van der Waals surface area (Å²) < 4.78 is 1.87. The van der Waals surface area contributed by atoms with Crippen molar-refractivity contribution >= 4 is 29.5 Å². The van der Waals surface area contributed by atoms with E-state index in [1.165, 1.54) is 5.69 Å². The minimum absolute atomic E-state index is 0.0106. The van der Waals surface area contributed by atoms with Crippen LogP contribution in [0.1, 0.15) is 29.9 Å². The van der Waals surface area contributed by atoms with Gasteiger partial charge in [0.2, 0.25) is 6.41 Å². The van der Waals surface area contributed by atoms with E-state index < -0.39 is 0 Å². The van der Waals surface area contributed by atoms with Gasteiger partial charge in [0.05, 0.1) is 11.3 Å². The monoisotopic (exact) mass is 405 g/mol. The van der Waals surface area contributed by atoms with E-state index in [-0.39, 0.29) is 5.91 Å². The highest BCUT2D eigenvalue weighted by Gasteiger charge is 2.24. The summed E-state index contributed by atoms with van der Waals surface area (Å²) >= 11 is 0. The smallest absolute Gasteiger partial charge is 0.255 e. The van der Waals surface area contributed by atoms with Gasteiger partial charge in [0.1, 0.15) is 11.5 Å². The van der Waals surface area contributed by atoms with Gasteiger partial charge in [-0.05, 0) is 37.6 Å². The highest BCUT2D eigenvalue weighted by Crippen LogP contribution is 2.24. The van der Waals surface area contributed by atoms with E-state index in [4.69, 9.17) is 0 Å². The number of imidazole rings is 1. The van der Waals surface area contributed by atoms with Crippen LogP contribution in [0.5, 0.6) is 0 Å². The second-order valence-corrected chi connectivity index (χ2v) is 7.39. The molecular formula is C23H27N5O2. The van der Waals surface area contributed by atoms with Crippen LogP contribution in [0.4, 0.5) is 11.5 Å². The number of pyridine rings is 1. The quantitative estimate of drug-likeness (QED) is 0.592. The van der Waals surface area contributed by atoms with Gasteiger partial charge in [0, 0.05) is 44.6 Å². The molecule has 2 aromatic heterocycles. The Morgan fingerprint density at radius 1 is 1.07 bits per heavy atom. The molecule has 0 N–H and O–H groups in total. The fourth-order valence-electron chi connectivity index (χ4n) is 4.01. The third kappa shape index (κ3) is 3.63. The van der Waals surface area contributed by atoms with Gasteiger partial charge in [-0.3, -0.25) is 18.9 Å². The van der Waals surface area contributed by atoms with Crippen LogP contribution in [-0.4, -0.2) is 59.3 Å². The van der Waals surface area contributed by atoms with Crippen LogP contribution in [0.3, 0.4) is 0 Å². The molecule has 156 valence electrons. The minimum atomic E-state index is 0.0106. The Morgan fingerprint density at radius 2 is 1.80 bits per heavy atom. The lowest BCUT2D eigenvalue weighted by atomic mass is 10.2. The number of amides is 2. The normalized spacial score (nSPS) is 14.2. The van der Waals surface area contributed by atoms with Gasteiger partial charge in [-0.15, -0.1) is 0 Å². The van der Waals surface area contributed by atoms with E-state index in [1.807, 2.05) is 59.7 Å². The van der Waals surface area contributed by atoms with Gasteiger partial charge in [0.25, 0.3) is 5.91 Å². The number of para-hydroxylation sites is 1. The molecule has 0 radical (unpaired) electrons. The van der Waals surface area contributed by atoms with Crippen molar-refractivity contribution in [2.24, 2.45) is 0 Å². The predicted octanol–water partition coefficient (Wildman–Crippen LogP) is 2.84. The first-order valence-corrected chi connectivity index (χ1v) is 10.5. The van der Waals surface area contributed by atoms with Gasteiger partial charge in [-0.25, -0.2) is 4.98 Å². The predicted molar refractivity (Wildman–Crippen MR) is 118 cm³/mol. The Hall–Kier alpha value is -3.35. The molecule has 4 rings (SSSR count). The topological polar surface area (TPSA) is 61.2 Å². The lowest BCUT2D eigenvalue weighted by molar-refractivity contribution is -0.107. The number of fused-ring (bicyclic) bond motifs is 1. The number of anilines is 2. The Labute approximate surface area is 176 Å². The van der Waals surface area contributed by atoms with Crippen molar-refractivity contribution in [3.63, 3.8) is 0 Å². The largest absolute Gasteiger partial charge is 0.368 e. The van der Waals surface area contributed by atoms with E-state index in [1.54, 1.807) is 4.90 Å². The molecule has 0 atom stereocenters. The third-order valence-corrected chi connectivity index (χ3v) is 5.67. The van der Waals surface area contributed by atoms with E-state index in [9.17, 15) is 9.59 Å². The molecule has 7 heteroatoms. The first-order chi connectivity index (χ1) is 14.7. The molecule has 0 aliphatic carbocycles. The van der Waals surface area contributed by atoms with Crippen LogP contribution in [0.2, 0.25) is 0 Å². The second kappa shape index (κ2) is 8.57. The maximum absolute atomic E-state index is 13.2. The summed E-state index contributed by atoms with van der Waals surface area (Å²) in [6.07, 6.45) is 3.35. The number of aromatic nitrogens is 2. The van der Waals surface area contributed by atoms with Crippen LogP contribution in [0.25, 0.3) is 5.65 Å². The number of hydrogen-bond acceptors (Lipinski definition) is 4. The summed E-state index contributed by atoms with van der Waals surface area (Å²) in [6, 6.07) is 14.0. The molecule has 3 aromatic rings. The summed E-state index contributed by atoms with van der Waals surface area (Å²) in [5.41, 5.74) is 3.39. The second-order valence-electron chi connectivity index (χ2n) is 7.39. The van der Waals surface area contributed by atoms with Crippen LogP contribution < -0.4 is 9.80 Å². The lowest BCUT2D eigenvalue weighted by Crippen LogP contribution is -2.48. The van der Waals surface area contributed by atoms with Crippen molar-refractivity contribution < 1.29 is 9.59 Å². The fourth-order valence-corrected chi connectivity index (χ4v) is 4.01. The van der Waals surface area contributed by atoms with E-state index in [2.05, 4.69) is 22.0 Å². The number of carbonyl (C=O) groups excluding carboxylic acids is 2. The highest BCUT2D eigenvalue weighted by molar-refractivity contribution is 5.94. The summed E-state index contributed by atoms with van der Waals surface area (Å²) in [5, 5.41) is 0. The standard InChI is InChI=1S/C23H27N5O2/c1-3-20-22(25(4-2)17-29)28-16-18(10-11-21(28)24-20)23(30)27-14-12-26(13-15-27)19-8-6-5-7-9-19/h5-11,16-17H,3-4,12-15H2,1-2H3. The van der Waals surface area contributed by atoms with Gasteiger partial charge in [-0.2, -0.15) is 0 Å². The Kier molecular flexibility index (Phi) is 5.70. The summed E-state index contributed by atoms with van der Waals surface area (Å²) in [5.74, 6) is 0.755. The highest BCUT2D eigenvalue weighted by atomic mass is 16.2.